The van der Waals surface area contributed by atoms with E-state index in [2.05, 4.69) is 17.6 Å². The minimum absolute atomic E-state index is 0.279. The number of ether oxygens (including phenoxy) is 1. The molecule has 2 unspecified atom stereocenters. The van der Waals surface area contributed by atoms with Crippen LogP contribution in [0.4, 0.5) is 10.5 Å². The largest absolute Gasteiger partial charge is 0.444 e. The molecule has 2 atom stereocenters. The minimum atomic E-state index is -1.28. The molecule has 0 aliphatic heterocycles. The predicted octanol–water partition coefficient (Wildman–Crippen LogP) is 6.90. The second-order valence-corrected chi connectivity index (χ2v) is 12.0. The summed E-state index contributed by atoms with van der Waals surface area (Å²) in [6, 6.07) is 18.8. The third kappa shape index (κ3) is 10.1. The summed E-state index contributed by atoms with van der Waals surface area (Å²) in [5.74, 6) is -0.929. The van der Waals surface area contributed by atoms with Crippen molar-refractivity contribution in [2.75, 3.05) is 18.5 Å². The van der Waals surface area contributed by atoms with Gasteiger partial charge in [0.2, 0.25) is 5.91 Å². The Hall–Kier alpha value is -3.91. The molecule has 0 radical (unpaired) electrons. The first-order valence-electron chi connectivity index (χ1n) is 15.3. The zero-order valence-electron chi connectivity index (χ0n) is 26.2. The number of anilines is 1. The lowest BCUT2D eigenvalue weighted by atomic mass is 9.97. The molecule has 8 heteroatoms. The van der Waals surface area contributed by atoms with Crippen LogP contribution in [-0.2, 0) is 14.3 Å². The van der Waals surface area contributed by atoms with Gasteiger partial charge in [-0.15, -0.1) is 0 Å². The topological polar surface area (TPSA) is 108 Å². The number of aliphatic hydroxyl groups excluding tert-OH is 1. The highest BCUT2D eigenvalue weighted by Crippen LogP contribution is 2.28. The number of nitrogens with zero attached hydrogens (tertiary/aromatic N) is 1. The smallest absolute Gasteiger partial charge is 0.408 e. The van der Waals surface area contributed by atoms with E-state index >= 15 is 0 Å². The number of unbranched alkanes of at least 4 members (excludes halogenated alkanes) is 5. The highest BCUT2D eigenvalue weighted by Gasteiger charge is 2.36. The summed E-state index contributed by atoms with van der Waals surface area (Å²) in [4.78, 5) is 42.4. The fraction of sp³-hybridized carbons (Fsp3) is 0.457. The molecule has 0 saturated carbocycles. The zero-order valence-corrected chi connectivity index (χ0v) is 26.2. The number of alkyl carbamates (subject to hydrolysis) is 1. The Labute approximate surface area is 255 Å². The normalized spacial score (nSPS) is 12.8. The number of nitrogens with one attached hydrogen (secondary N) is 2. The van der Waals surface area contributed by atoms with Crippen molar-refractivity contribution in [1.29, 1.82) is 0 Å². The maximum Gasteiger partial charge on any atom is 0.408 e. The van der Waals surface area contributed by atoms with E-state index in [1.165, 1.54) is 4.90 Å². The number of amides is 3. The monoisotopic (exact) mass is 589 g/mol. The summed E-state index contributed by atoms with van der Waals surface area (Å²) in [5, 5.41) is 17.8. The minimum Gasteiger partial charge on any atom is -0.444 e. The Morgan fingerprint density at radius 3 is 2.21 bits per heavy atom. The van der Waals surface area contributed by atoms with E-state index in [0.29, 0.717) is 17.7 Å². The van der Waals surface area contributed by atoms with Gasteiger partial charge in [-0.25, -0.2) is 4.79 Å². The van der Waals surface area contributed by atoms with Crippen molar-refractivity contribution in [3.8, 4) is 0 Å². The van der Waals surface area contributed by atoms with Gasteiger partial charge < -0.3 is 25.4 Å². The fourth-order valence-corrected chi connectivity index (χ4v) is 5.09. The fourth-order valence-electron chi connectivity index (χ4n) is 5.09. The molecule has 3 aromatic rings. The predicted molar refractivity (Wildman–Crippen MR) is 172 cm³/mol. The maximum atomic E-state index is 14.2. The van der Waals surface area contributed by atoms with Gasteiger partial charge in [-0.3, -0.25) is 9.59 Å². The molecule has 0 aromatic heterocycles. The Balaban J connectivity index is 1.97. The van der Waals surface area contributed by atoms with Crippen molar-refractivity contribution in [3.05, 3.63) is 77.9 Å². The molecule has 3 N–H and O–H groups in total. The van der Waals surface area contributed by atoms with Crippen LogP contribution in [0.5, 0.6) is 0 Å². The van der Waals surface area contributed by atoms with Crippen molar-refractivity contribution in [1.82, 2.24) is 10.2 Å². The van der Waals surface area contributed by atoms with Crippen LogP contribution in [0.25, 0.3) is 10.8 Å². The molecule has 0 spiro atoms. The van der Waals surface area contributed by atoms with Gasteiger partial charge in [0.05, 0.1) is 6.61 Å². The third-order valence-electron chi connectivity index (χ3n) is 7.27. The first kappa shape index (κ1) is 33.6. The number of fused-ring (bicyclic) bond motifs is 1. The molecule has 0 heterocycles. The highest BCUT2D eigenvalue weighted by atomic mass is 16.6. The van der Waals surface area contributed by atoms with Crippen molar-refractivity contribution >= 4 is 34.4 Å². The van der Waals surface area contributed by atoms with Crippen LogP contribution >= 0.6 is 0 Å². The van der Waals surface area contributed by atoms with Crippen LogP contribution < -0.4 is 10.6 Å². The average Bonchev–Trinajstić information content (AvgIpc) is 2.96. The molecule has 3 rings (SSSR count). The molecular weight excluding hydrogens is 542 g/mol. The molecule has 0 bridgehead atoms. The maximum absolute atomic E-state index is 14.2. The van der Waals surface area contributed by atoms with E-state index in [9.17, 15) is 19.5 Å². The number of aryl methyl sites for hydroxylation is 1. The summed E-state index contributed by atoms with van der Waals surface area (Å²) in [6.45, 7) is 8.87. The van der Waals surface area contributed by atoms with Crippen LogP contribution in [0.2, 0.25) is 0 Å². The molecule has 0 saturated heterocycles. The van der Waals surface area contributed by atoms with Crippen molar-refractivity contribution in [2.45, 2.75) is 90.8 Å². The van der Waals surface area contributed by atoms with Gasteiger partial charge in [-0.05, 0) is 68.1 Å². The molecule has 0 aliphatic carbocycles. The number of carbonyl (C=O) groups excluding carboxylic acids is 3. The second kappa shape index (κ2) is 16.1. The van der Waals surface area contributed by atoms with Crippen LogP contribution in [0.15, 0.2) is 66.7 Å². The average molecular weight is 590 g/mol. The van der Waals surface area contributed by atoms with Gasteiger partial charge in [-0.2, -0.15) is 0 Å². The van der Waals surface area contributed by atoms with Crippen LogP contribution in [0, 0.1) is 6.92 Å². The molecule has 43 heavy (non-hydrogen) atoms. The van der Waals surface area contributed by atoms with Crippen molar-refractivity contribution in [3.63, 3.8) is 0 Å². The van der Waals surface area contributed by atoms with Crippen molar-refractivity contribution in [2.24, 2.45) is 0 Å². The van der Waals surface area contributed by atoms with E-state index in [4.69, 9.17) is 4.74 Å². The van der Waals surface area contributed by atoms with Crippen LogP contribution in [0.3, 0.4) is 0 Å². The van der Waals surface area contributed by atoms with Gasteiger partial charge in [0.1, 0.15) is 17.7 Å². The molecule has 232 valence electrons. The molecule has 0 fully saturated rings. The first-order valence-corrected chi connectivity index (χ1v) is 15.3. The van der Waals surface area contributed by atoms with Gasteiger partial charge in [0, 0.05) is 12.2 Å². The Morgan fingerprint density at radius 2 is 1.53 bits per heavy atom. The molecule has 3 amide bonds. The van der Waals surface area contributed by atoms with E-state index in [-0.39, 0.29) is 12.5 Å². The van der Waals surface area contributed by atoms with Crippen LogP contribution in [-0.4, -0.2) is 52.7 Å². The lowest BCUT2D eigenvalue weighted by molar-refractivity contribution is -0.141. The Bertz CT molecular complexity index is 1370. The lowest BCUT2D eigenvalue weighted by Gasteiger charge is -2.34. The highest BCUT2D eigenvalue weighted by molar-refractivity contribution is 6.00. The molecule has 8 nitrogen and oxygen atoms in total. The van der Waals surface area contributed by atoms with E-state index in [1.54, 1.807) is 20.8 Å². The molecule has 0 aliphatic rings. The zero-order chi connectivity index (χ0) is 31.4. The number of aliphatic hydroxyl groups is 1. The van der Waals surface area contributed by atoms with Gasteiger partial charge in [-0.1, -0.05) is 93.6 Å². The quantitative estimate of drug-likeness (QED) is 0.177. The summed E-state index contributed by atoms with van der Waals surface area (Å²) in [7, 11) is 0. The number of hydrogen-bond acceptors (Lipinski definition) is 5. The summed E-state index contributed by atoms with van der Waals surface area (Å²) in [6.07, 6.45) is 5.15. The van der Waals surface area contributed by atoms with Crippen molar-refractivity contribution < 1.29 is 24.2 Å². The Kier molecular flexibility index (Phi) is 12.6. The van der Waals surface area contributed by atoms with E-state index in [1.807, 2.05) is 73.7 Å². The number of rotatable bonds is 14. The lowest BCUT2D eigenvalue weighted by Crippen LogP contribution is -2.54. The van der Waals surface area contributed by atoms with Gasteiger partial charge in [0.15, 0.2) is 0 Å². The van der Waals surface area contributed by atoms with E-state index < -0.39 is 36.3 Å². The van der Waals surface area contributed by atoms with Crippen LogP contribution in [0.1, 0.15) is 83.4 Å². The van der Waals surface area contributed by atoms with Gasteiger partial charge in [0.25, 0.3) is 5.91 Å². The number of carbonyl (C=O) groups is 3. The summed E-state index contributed by atoms with van der Waals surface area (Å²) >= 11 is 0. The molecular formula is C35H47N3O5. The SMILES string of the molecule is CCCCCCCCN(C(=O)C(CO)NC(=O)OC(C)(C)C)C(C(=O)Nc1ccc2ccccc2c1)c1ccccc1C. The standard InChI is InChI=1S/C35H47N3O5/c1-6-7-8-9-10-15-22-38(33(41)30(24-39)37-34(42)43-35(3,4)5)31(29-19-14-11-16-25(29)2)32(40)36-28-21-20-26-17-12-13-18-27(26)23-28/h11-14,16-21,23,30-31,39H,6-10,15,22,24H2,1-5H3,(H,36,40)(H,37,42). The third-order valence-corrected chi connectivity index (χ3v) is 7.27. The first-order chi connectivity index (χ1) is 20.5. The summed E-state index contributed by atoms with van der Waals surface area (Å²) in [5.41, 5.74) is 1.35. The van der Waals surface area contributed by atoms with E-state index in [0.717, 1.165) is 48.4 Å². The molecule has 3 aromatic carbocycles. The van der Waals surface area contributed by atoms with Gasteiger partial charge >= 0.3 is 6.09 Å². The number of benzene rings is 3. The Morgan fingerprint density at radius 1 is 0.884 bits per heavy atom. The summed E-state index contributed by atoms with van der Waals surface area (Å²) < 4.78 is 5.35. The second-order valence-electron chi connectivity index (χ2n) is 12.0. The number of hydrogen-bond donors (Lipinski definition) is 3.